The van der Waals surface area contributed by atoms with Crippen molar-refractivity contribution in [2.75, 3.05) is 0 Å². The van der Waals surface area contributed by atoms with E-state index >= 15 is 0 Å². The first kappa shape index (κ1) is 14.0. The van der Waals surface area contributed by atoms with E-state index in [-0.39, 0.29) is 23.0 Å². The predicted octanol–water partition coefficient (Wildman–Crippen LogP) is 2.33. The minimum absolute atomic E-state index is 0.00918. The van der Waals surface area contributed by atoms with E-state index < -0.39 is 23.0 Å². The van der Waals surface area contributed by atoms with Gasteiger partial charge in [-0.2, -0.15) is 0 Å². The van der Waals surface area contributed by atoms with Crippen LogP contribution in [0.25, 0.3) is 10.9 Å². The Hall–Kier alpha value is -2.96. The SMILES string of the molecule is O=C(NCc1ccco1)c1c[nH]c2cc(F)cc(F)c2c1=O. The average molecular weight is 304 g/mol. The maximum Gasteiger partial charge on any atom is 0.257 e. The number of benzene rings is 1. The van der Waals surface area contributed by atoms with Crippen LogP contribution in [-0.4, -0.2) is 10.9 Å². The molecular formula is C15H10F2N2O3. The molecule has 0 saturated heterocycles. The Morgan fingerprint density at radius 1 is 1.32 bits per heavy atom. The second-order valence-corrected chi connectivity index (χ2v) is 4.60. The third kappa shape index (κ3) is 2.48. The number of amides is 1. The lowest BCUT2D eigenvalue weighted by atomic mass is 10.1. The first-order valence-corrected chi connectivity index (χ1v) is 6.37. The lowest BCUT2D eigenvalue weighted by molar-refractivity contribution is 0.0947. The van der Waals surface area contributed by atoms with Crippen LogP contribution in [0.5, 0.6) is 0 Å². The number of aromatic amines is 1. The molecule has 0 radical (unpaired) electrons. The molecule has 3 aromatic rings. The molecule has 112 valence electrons. The molecule has 0 saturated carbocycles. The summed E-state index contributed by atoms with van der Waals surface area (Å²) in [6.45, 7) is 0.0925. The van der Waals surface area contributed by atoms with E-state index in [9.17, 15) is 18.4 Å². The first-order chi connectivity index (χ1) is 10.6. The van der Waals surface area contributed by atoms with Gasteiger partial charge in [0.1, 0.15) is 23.0 Å². The fraction of sp³-hybridized carbons (Fsp3) is 0.0667. The smallest absolute Gasteiger partial charge is 0.257 e. The van der Waals surface area contributed by atoms with E-state index in [0.717, 1.165) is 12.3 Å². The van der Waals surface area contributed by atoms with Crippen LogP contribution in [0, 0.1) is 11.6 Å². The van der Waals surface area contributed by atoms with Crippen LogP contribution in [0.15, 0.2) is 45.9 Å². The van der Waals surface area contributed by atoms with Crippen LogP contribution in [0.4, 0.5) is 8.78 Å². The molecule has 7 heteroatoms. The van der Waals surface area contributed by atoms with Crippen LogP contribution < -0.4 is 10.7 Å². The van der Waals surface area contributed by atoms with E-state index in [0.29, 0.717) is 11.8 Å². The van der Waals surface area contributed by atoms with Crippen molar-refractivity contribution < 1.29 is 18.0 Å². The molecule has 1 aromatic carbocycles. The van der Waals surface area contributed by atoms with Gasteiger partial charge in [0, 0.05) is 12.3 Å². The molecule has 0 spiro atoms. The quantitative estimate of drug-likeness (QED) is 0.780. The molecule has 0 unspecified atom stereocenters. The highest BCUT2D eigenvalue weighted by Crippen LogP contribution is 2.15. The standard InChI is InChI=1S/C15H10F2N2O3/c16-8-4-11(17)13-12(5-8)18-7-10(14(13)20)15(21)19-6-9-2-1-3-22-9/h1-5,7H,6H2,(H,18,20)(H,19,21). The van der Waals surface area contributed by atoms with Gasteiger partial charge < -0.3 is 14.7 Å². The molecule has 0 aliphatic rings. The molecule has 2 aromatic heterocycles. The third-order valence-corrected chi connectivity index (χ3v) is 3.15. The summed E-state index contributed by atoms with van der Waals surface area (Å²) < 4.78 is 31.9. The number of furan rings is 1. The summed E-state index contributed by atoms with van der Waals surface area (Å²) in [4.78, 5) is 26.8. The minimum atomic E-state index is -1.02. The molecular weight excluding hydrogens is 294 g/mol. The number of carbonyl (C=O) groups is 1. The number of carbonyl (C=O) groups excluding carboxylic acids is 1. The van der Waals surface area contributed by atoms with E-state index in [1.807, 2.05) is 0 Å². The van der Waals surface area contributed by atoms with Gasteiger partial charge >= 0.3 is 0 Å². The van der Waals surface area contributed by atoms with Crippen molar-refractivity contribution in [3.05, 3.63) is 69.9 Å². The van der Waals surface area contributed by atoms with Gasteiger partial charge in [-0.3, -0.25) is 9.59 Å². The van der Waals surface area contributed by atoms with Crippen LogP contribution in [0.1, 0.15) is 16.1 Å². The Labute approximate surface area is 122 Å². The zero-order chi connectivity index (χ0) is 15.7. The van der Waals surface area contributed by atoms with Crippen LogP contribution in [0.3, 0.4) is 0 Å². The van der Waals surface area contributed by atoms with Gasteiger partial charge in [-0.05, 0) is 18.2 Å². The van der Waals surface area contributed by atoms with E-state index in [4.69, 9.17) is 4.42 Å². The third-order valence-electron chi connectivity index (χ3n) is 3.15. The van der Waals surface area contributed by atoms with Gasteiger partial charge in [-0.15, -0.1) is 0 Å². The highest BCUT2D eigenvalue weighted by atomic mass is 19.1. The summed E-state index contributed by atoms with van der Waals surface area (Å²) in [5.74, 6) is -1.99. The normalized spacial score (nSPS) is 10.8. The number of halogens is 2. The number of hydrogen-bond donors (Lipinski definition) is 2. The van der Waals surface area contributed by atoms with Crippen LogP contribution >= 0.6 is 0 Å². The highest BCUT2D eigenvalue weighted by Gasteiger charge is 2.16. The fourth-order valence-corrected chi connectivity index (χ4v) is 2.11. The molecule has 2 N–H and O–H groups in total. The van der Waals surface area contributed by atoms with Crippen LogP contribution in [0.2, 0.25) is 0 Å². The molecule has 0 aliphatic heterocycles. The zero-order valence-corrected chi connectivity index (χ0v) is 11.2. The van der Waals surface area contributed by atoms with Crippen LogP contribution in [-0.2, 0) is 6.54 Å². The Morgan fingerprint density at radius 3 is 2.86 bits per heavy atom. The number of nitrogens with one attached hydrogen (secondary N) is 2. The first-order valence-electron chi connectivity index (χ1n) is 6.37. The minimum Gasteiger partial charge on any atom is -0.467 e. The van der Waals surface area contributed by atoms with Gasteiger partial charge in [0.25, 0.3) is 5.91 Å². The van der Waals surface area contributed by atoms with Crippen molar-refractivity contribution in [1.82, 2.24) is 10.3 Å². The zero-order valence-electron chi connectivity index (χ0n) is 11.2. The van der Waals surface area contributed by atoms with Crippen molar-refractivity contribution in [3.8, 4) is 0 Å². The molecule has 22 heavy (non-hydrogen) atoms. The van der Waals surface area contributed by atoms with Gasteiger partial charge in [0.05, 0.1) is 23.7 Å². The number of pyridine rings is 1. The molecule has 0 fully saturated rings. The van der Waals surface area contributed by atoms with Crippen molar-refractivity contribution in [2.45, 2.75) is 6.54 Å². The molecule has 0 atom stereocenters. The topological polar surface area (TPSA) is 75.1 Å². The maximum atomic E-state index is 13.8. The molecule has 0 bridgehead atoms. The van der Waals surface area contributed by atoms with E-state index in [2.05, 4.69) is 10.3 Å². The molecule has 0 aliphatic carbocycles. The Bertz CT molecular complexity index is 901. The maximum absolute atomic E-state index is 13.8. The monoisotopic (exact) mass is 304 g/mol. The largest absolute Gasteiger partial charge is 0.467 e. The van der Waals surface area contributed by atoms with Gasteiger partial charge in [0.15, 0.2) is 0 Å². The van der Waals surface area contributed by atoms with Gasteiger partial charge in [-0.1, -0.05) is 0 Å². The summed E-state index contributed by atoms with van der Waals surface area (Å²) in [6, 6.07) is 4.91. The summed E-state index contributed by atoms with van der Waals surface area (Å²) in [5, 5.41) is 2.13. The lowest BCUT2D eigenvalue weighted by Gasteiger charge is -2.05. The number of fused-ring (bicyclic) bond motifs is 1. The fourth-order valence-electron chi connectivity index (χ4n) is 2.11. The molecule has 1 amide bonds. The Kier molecular flexibility index (Phi) is 3.46. The summed E-state index contributed by atoms with van der Waals surface area (Å²) in [5.41, 5.74) is -1.07. The highest BCUT2D eigenvalue weighted by molar-refractivity contribution is 5.97. The predicted molar refractivity (Wildman–Crippen MR) is 74.4 cm³/mol. The Balaban J connectivity index is 1.95. The summed E-state index contributed by atoms with van der Waals surface area (Å²) >= 11 is 0. The summed E-state index contributed by atoms with van der Waals surface area (Å²) in [7, 11) is 0. The van der Waals surface area contributed by atoms with Gasteiger partial charge in [-0.25, -0.2) is 8.78 Å². The van der Waals surface area contributed by atoms with Gasteiger partial charge in [0.2, 0.25) is 5.43 Å². The van der Waals surface area contributed by atoms with Crippen molar-refractivity contribution in [3.63, 3.8) is 0 Å². The van der Waals surface area contributed by atoms with Crippen molar-refractivity contribution >= 4 is 16.8 Å². The molecule has 3 rings (SSSR count). The van der Waals surface area contributed by atoms with E-state index in [1.54, 1.807) is 12.1 Å². The van der Waals surface area contributed by atoms with Crippen molar-refractivity contribution in [1.29, 1.82) is 0 Å². The number of hydrogen-bond acceptors (Lipinski definition) is 3. The lowest BCUT2D eigenvalue weighted by Crippen LogP contribution is -2.28. The number of rotatable bonds is 3. The summed E-state index contributed by atoms with van der Waals surface area (Å²) in [6.07, 6.45) is 2.58. The Morgan fingerprint density at radius 2 is 2.14 bits per heavy atom. The molecule has 2 heterocycles. The number of aromatic nitrogens is 1. The van der Waals surface area contributed by atoms with Crippen molar-refractivity contribution in [2.24, 2.45) is 0 Å². The number of H-pyrrole nitrogens is 1. The average Bonchev–Trinajstić information content (AvgIpc) is 2.97. The molecule has 5 nitrogen and oxygen atoms in total. The second kappa shape index (κ2) is 5.44. The van der Waals surface area contributed by atoms with E-state index in [1.165, 1.54) is 6.26 Å². The second-order valence-electron chi connectivity index (χ2n) is 4.60.